The molecule has 1 N–H and O–H groups in total. The number of fused-ring (bicyclic) bond motifs is 6. The molecule has 13 aromatic carbocycles. The Bertz CT molecular complexity index is 4540. The van der Waals surface area contributed by atoms with Crippen LogP contribution in [0.3, 0.4) is 0 Å². The molecule has 5 unspecified atom stereocenters. The first-order valence-electron chi connectivity index (χ1n) is 40.6. The number of aryl methyl sites for hydroxylation is 6. The summed E-state index contributed by atoms with van der Waals surface area (Å²) in [4.78, 5) is 12.4. The number of carboxylic acids is 1. The second-order valence-electron chi connectivity index (χ2n) is 35.7. The predicted octanol–water partition coefficient (Wildman–Crippen LogP) is 29.5. The molecule has 0 saturated carbocycles. The molecule has 0 bridgehead atoms. The molecule has 13 rings (SSSR count). The first-order chi connectivity index (χ1) is 47.1. The lowest BCUT2D eigenvalue weighted by Crippen LogP contribution is -2.04. The van der Waals surface area contributed by atoms with E-state index in [1.807, 2.05) is 0 Å². The number of benzene rings is 13. The van der Waals surface area contributed by atoms with Gasteiger partial charge in [-0.15, -0.1) is 0 Å². The van der Waals surface area contributed by atoms with Crippen LogP contribution in [0.25, 0.3) is 129 Å². The van der Waals surface area contributed by atoms with Crippen molar-refractivity contribution < 1.29 is 9.90 Å². The summed E-state index contributed by atoms with van der Waals surface area (Å²) in [6, 6.07) is 32.4. The summed E-state index contributed by atoms with van der Waals surface area (Å²) < 4.78 is 0. The van der Waals surface area contributed by atoms with Gasteiger partial charge in [-0.1, -0.05) is 273 Å². The predicted molar refractivity (Wildman–Crippen MR) is 435 cm³/mol. The average molecular weight is 1310 g/mol. The van der Waals surface area contributed by atoms with Crippen LogP contribution in [-0.2, 0) is 43.3 Å². The van der Waals surface area contributed by atoms with E-state index in [0.717, 1.165) is 68.1 Å². The minimum absolute atomic E-state index is 0.175. The third kappa shape index (κ3) is 14.3. The third-order valence-corrected chi connectivity index (χ3v) is 24.8. The van der Waals surface area contributed by atoms with Gasteiger partial charge in [0.25, 0.3) is 0 Å². The summed E-state index contributed by atoms with van der Waals surface area (Å²) >= 11 is 0. The van der Waals surface area contributed by atoms with Crippen LogP contribution >= 0.6 is 0 Å². The number of hydrogen-bond acceptors (Lipinski definition) is 1. The Morgan fingerprint density at radius 1 is 0.224 bits per heavy atom. The highest BCUT2D eigenvalue weighted by molar-refractivity contribution is 6.61. The van der Waals surface area contributed by atoms with Crippen molar-refractivity contribution in [2.45, 2.75) is 284 Å². The summed E-state index contributed by atoms with van der Waals surface area (Å²) in [5.74, 6) is 6.29. The van der Waals surface area contributed by atoms with E-state index in [4.69, 9.17) is 0 Å². The van der Waals surface area contributed by atoms with E-state index in [2.05, 4.69) is 177 Å². The van der Waals surface area contributed by atoms with Gasteiger partial charge >= 0.3 is 5.97 Å². The van der Waals surface area contributed by atoms with Gasteiger partial charge in [0.1, 0.15) is 0 Å². The topological polar surface area (TPSA) is 37.3 Å². The highest BCUT2D eigenvalue weighted by Gasteiger charge is 2.33. The van der Waals surface area contributed by atoms with E-state index in [1.165, 1.54) is 291 Å². The van der Waals surface area contributed by atoms with Crippen molar-refractivity contribution in [3.05, 3.63) is 106 Å². The Morgan fingerprint density at radius 2 is 0.388 bits per heavy atom. The van der Waals surface area contributed by atoms with Crippen LogP contribution in [0.15, 0.2) is 72.8 Å². The van der Waals surface area contributed by atoms with E-state index in [9.17, 15) is 9.90 Å². The second-order valence-corrected chi connectivity index (χ2v) is 35.7. The number of aliphatic carboxylic acids is 1. The van der Waals surface area contributed by atoms with Gasteiger partial charge in [0, 0.05) is 6.42 Å². The van der Waals surface area contributed by atoms with Crippen molar-refractivity contribution in [2.24, 2.45) is 59.2 Å². The third-order valence-electron chi connectivity index (χ3n) is 24.8. The highest BCUT2D eigenvalue weighted by Crippen LogP contribution is 2.61. The molecule has 5 atom stereocenters. The van der Waals surface area contributed by atoms with E-state index in [1.54, 1.807) is 0 Å². The van der Waals surface area contributed by atoms with Crippen LogP contribution in [-0.4, -0.2) is 11.1 Å². The number of carbonyl (C=O) groups is 1. The number of carboxylic acid groups (broad SMARTS) is 1. The zero-order valence-corrected chi connectivity index (χ0v) is 63.9. The summed E-state index contributed by atoms with van der Waals surface area (Å²) in [5.41, 5.74) is 8.72. The molecule has 0 fully saturated rings. The summed E-state index contributed by atoms with van der Waals surface area (Å²) in [6.45, 7) is 36.5. The van der Waals surface area contributed by atoms with Gasteiger partial charge in [-0.05, 0) is 299 Å². The average Bonchev–Trinajstić information content (AvgIpc) is 0.644. The number of hydrogen-bond donors (Lipinski definition) is 1. The zero-order chi connectivity index (χ0) is 69.0. The van der Waals surface area contributed by atoms with Crippen molar-refractivity contribution >= 4 is 135 Å². The summed E-state index contributed by atoms with van der Waals surface area (Å²) in [7, 11) is 0. The first-order valence-corrected chi connectivity index (χ1v) is 40.6. The molecular formula is C96H124O2. The molecule has 0 aliphatic rings. The van der Waals surface area contributed by atoms with Gasteiger partial charge in [-0.2, -0.15) is 0 Å². The normalized spacial score (nSPS) is 14.7. The van der Waals surface area contributed by atoms with Gasteiger partial charge in [0.2, 0.25) is 0 Å². The lowest BCUT2D eigenvalue weighted by atomic mass is 9.72. The lowest BCUT2D eigenvalue weighted by molar-refractivity contribution is -0.137. The van der Waals surface area contributed by atoms with Crippen LogP contribution in [0.4, 0.5) is 0 Å². The fourth-order valence-electron chi connectivity index (χ4n) is 19.1. The number of rotatable bonds is 39. The molecule has 0 aromatic heterocycles. The Morgan fingerprint density at radius 3 is 0.541 bits per heavy atom. The Balaban J connectivity index is 1.17. The second kappa shape index (κ2) is 29.9. The highest BCUT2D eigenvalue weighted by atomic mass is 16.4. The lowest BCUT2D eigenvalue weighted by Gasteiger charge is -2.30. The molecule has 520 valence electrons. The van der Waals surface area contributed by atoms with Crippen LogP contribution in [0.2, 0.25) is 0 Å². The molecule has 0 radical (unpaired) electrons. The van der Waals surface area contributed by atoms with E-state index in [0.29, 0.717) is 36.0 Å². The standard InChI is InChI=1S/C96H124O2/c1-56(2)22-16-27-61(11)34-39-67-46-74-72-44-66(32-21-33-84(97)98)45-73-75-47-68(40-35-62(12)28-17-23-57(3)4)49-77-79-51-70(42-37-64(14)30-19-25-59(7)8)53-81-83-55-71(43-38-65(15)31-20-26-60(9)10)54-82-80-52-69(41-36-63(13)29-18-24-58(5)6)50-78-76(48-67)86(74)92-91(85(72)73)93(87(75)77)95(89(79)81)96(90(82)83)94(92)88(78)80/h44-65H,16-43H2,1-15H3,(H,97,98). The monoisotopic (exact) mass is 1310 g/mol. The molecule has 0 spiro atoms. The van der Waals surface area contributed by atoms with Crippen LogP contribution in [0.1, 0.15) is 278 Å². The maximum absolute atomic E-state index is 12.4. The molecule has 98 heavy (non-hydrogen) atoms. The van der Waals surface area contributed by atoms with Crippen LogP contribution in [0.5, 0.6) is 0 Å². The summed E-state index contributed by atoms with van der Waals surface area (Å²) in [6.07, 6.45) is 32.4. The fraction of sp³-hybridized carbons (Fsp3) is 0.552. The minimum Gasteiger partial charge on any atom is -0.481 e. The van der Waals surface area contributed by atoms with E-state index < -0.39 is 5.97 Å². The van der Waals surface area contributed by atoms with Gasteiger partial charge < -0.3 is 5.11 Å². The fourth-order valence-corrected chi connectivity index (χ4v) is 19.1. The molecule has 2 heteroatoms. The first kappa shape index (κ1) is 70.4. The Kier molecular flexibility index (Phi) is 21.5. The van der Waals surface area contributed by atoms with Gasteiger partial charge in [0.05, 0.1) is 0 Å². The molecule has 0 saturated heterocycles. The van der Waals surface area contributed by atoms with Gasteiger partial charge in [-0.3, -0.25) is 4.79 Å². The molecule has 0 amide bonds. The maximum Gasteiger partial charge on any atom is 0.303 e. The van der Waals surface area contributed by atoms with Crippen molar-refractivity contribution in [3.63, 3.8) is 0 Å². The molecular weight excluding hydrogens is 1190 g/mol. The molecule has 0 aliphatic carbocycles. The molecule has 2 nitrogen and oxygen atoms in total. The quantitative estimate of drug-likeness (QED) is 0.0308. The van der Waals surface area contributed by atoms with E-state index >= 15 is 0 Å². The minimum atomic E-state index is -0.707. The smallest absolute Gasteiger partial charge is 0.303 e. The molecule has 0 heterocycles. The Hall–Kier alpha value is -5.99. The van der Waals surface area contributed by atoms with Crippen molar-refractivity contribution in [3.8, 4) is 0 Å². The van der Waals surface area contributed by atoms with Crippen molar-refractivity contribution in [2.75, 3.05) is 0 Å². The van der Waals surface area contributed by atoms with Crippen LogP contribution < -0.4 is 0 Å². The van der Waals surface area contributed by atoms with Crippen molar-refractivity contribution in [1.29, 1.82) is 0 Å². The Labute approximate surface area is 590 Å². The van der Waals surface area contributed by atoms with Crippen LogP contribution in [0, 0.1) is 59.2 Å². The zero-order valence-electron chi connectivity index (χ0n) is 63.9. The molecule has 13 aromatic rings. The maximum atomic E-state index is 12.4. The molecule has 0 aliphatic heterocycles. The van der Waals surface area contributed by atoms with Crippen molar-refractivity contribution in [1.82, 2.24) is 0 Å². The van der Waals surface area contributed by atoms with Gasteiger partial charge in [0.15, 0.2) is 0 Å². The van der Waals surface area contributed by atoms with Gasteiger partial charge in [-0.25, -0.2) is 0 Å². The summed E-state index contributed by atoms with van der Waals surface area (Å²) in [5, 5.41) is 45.3. The van der Waals surface area contributed by atoms with E-state index in [-0.39, 0.29) is 6.42 Å². The largest absolute Gasteiger partial charge is 0.481 e. The SMILES string of the molecule is CC(C)CCCC(C)CCc1cc2c3cc(CCCC(=O)O)cc4c5cc(CCC(C)CCCC(C)C)cc6c7cc(CCC(C)CCCC(C)C)cc8c9cc(CCC(C)CCCC(C)C)cc%10c%11cc(CCC(C)CCCC(C)C)cc%12c(c1)c2c1c(c34)c(c56)c(c78)c(c%109)c1c%12%11.